The zero-order valence-corrected chi connectivity index (χ0v) is 14.5. The topological polar surface area (TPSA) is 97.6 Å². The van der Waals surface area contributed by atoms with Crippen molar-refractivity contribution >= 4 is 28.2 Å². The molecule has 130 valence electrons. The van der Waals surface area contributed by atoms with Crippen LogP contribution in [0.15, 0.2) is 29.6 Å². The molecule has 0 spiro atoms. The van der Waals surface area contributed by atoms with Gasteiger partial charge in [-0.15, -0.1) is 11.3 Å². The molecule has 0 radical (unpaired) electrons. The molecular weight excluding hydrogens is 344 g/mol. The summed E-state index contributed by atoms with van der Waals surface area (Å²) >= 11 is 1.22. The van der Waals surface area contributed by atoms with E-state index in [1.165, 1.54) is 30.6 Å². The Balaban J connectivity index is 1.97. The number of benzene rings is 1. The third-order valence-corrected chi connectivity index (χ3v) is 3.90. The maximum absolute atomic E-state index is 12.1. The molecule has 0 atom stereocenters. The van der Waals surface area contributed by atoms with Gasteiger partial charge in [0.25, 0.3) is 5.91 Å². The molecule has 0 bridgehead atoms. The maximum Gasteiger partial charge on any atom is 0.338 e. The normalized spacial score (nSPS) is 9.80. The van der Waals surface area contributed by atoms with Crippen LogP contribution in [-0.2, 0) is 9.53 Å². The highest BCUT2D eigenvalue weighted by molar-refractivity contribution is 7.14. The van der Waals surface area contributed by atoms with E-state index < -0.39 is 18.5 Å². The minimum atomic E-state index is -0.662. The average molecular weight is 360 g/mol. The molecule has 2 rings (SSSR count). The number of amides is 1. The Hall–Kier alpha value is -3.05. The summed E-state index contributed by atoms with van der Waals surface area (Å²) < 4.78 is 15.5. The molecule has 1 aromatic carbocycles. The summed E-state index contributed by atoms with van der Waals surface area (Å²) in [5, 5.41) is 13.5. The molecule has 1 heterocycles. The zero-order valence-electron chi connectivity index (χ0n) is 13.7. The van der Waals surface area contributed by atoms with Gasteiger partial charge in [-0.05, 0) is 36.6 Å². The van der Waals surface area contributed by atoms with E-state index in [1.54, 1.807) is 17.5 Å². The van der Waals surface area contributed by atoms with Crippen molar-refractivity contribution in [1.82, 2.24) is 0 Å². The van der Waals surface area contributed by atoms with Crippen molar-refractivity contribution in [3.05, 3.63) is 40.8 Å². The van der Waals surface area contributed by atoms with Crippen LogP contribution < -0.4 is 14.8 Å². The number of carbonyl (C=O) groups is 2. The molecule has 0 unspecified atom stereocenters. The fourth-order valence-corrected chi connectivity index (χ4v) is 2.70. The van der Waals surface area contributed by atoms with Gasteiger partial charge in [-0.1, -0.05) is 0 Å². The van der Waals surface area contributed by atoms with Crippen LogP contribution in [0.3, 0.4) is 0 Å². The van der Waals surface area contributed by atoms with Gasteiger partial charge in [0.05, 0.1) is 24.8 Å². The largest absolute Gasteiger partial charge is 0.493 e. The van der Waals surface area contributed by atoms with Crippen molar-refractivity contribution in [3.63, 3.8) is 0 Å². The maximum atomic E-state index is 12.1. The van der Waals surface area contributed by atoms with Gasteiger partial charge in [0.1, 0.15) is 11.1 Å². The highest BCUT2D eigenvalue weighted by Gasteiger charge is 2.15. The summed E-state index contributed by atoms with van der Waals surface area (Å²) in [6, 6.07) is 8.17. The lowest BCUT2D eigenvalue weighted by Crippen LogP contribution is -2.20. The van der Waals surface area contributed by atoms with Crippen molar-refractivity contribution in [2.24, 2.45) is 0 Å². The number of hydrogen-bond acceptors (Lipinski definition) is 7. The van der Waals surface area contributed by atoms with Crippen LogP contribution in [0.5, 0.6) is 11.5 Å². The number of carbonyl (C=O) groups excluding carboxylic acids is 2. The van der Waals surface area contributed by atoms with Crippen molar-refractivity contribution in [2.45, 2.75) is 6.92 Å². The lowest BCUT2D eigenvalue weighted by molar-refractivity contribution is -0.119. The monoisotopic (exact) mass is 360 g/mol. The molecule has 2 aromatic rings. The highest BCUT2D eigenvalue weighted by atomic mass is 32.1. The third-order valence-electron chi connectivity index (χ3n) is 3.07. The minimum absolute atomic E-state index is 0.242. The second-order valence-electron chi connectivity index (χ2n) is 4.70. The van der Waals surface area contributed by atoms with E-state index in [1.807, 2.05) is 13.0 Å². The molecule has 0 fully saturated rings. The van der Waals surface area contributed by atoms with Gasteiger partial charge in [-0.2, -0.15) is 5.26 Å². The Morgan fingerprint density at radius 1 is 1.28 bits per heavy atom. The Morgan fingerprint density at radius 3 is 2.76 bits per heavy atom. The third kappa shape index (κ3) is 4.71. The fraction of sp³-hybridized carbons (Fsp3) is 0.235. The molecule has 0 aliphatic heterocycles. The van der Waals surface area contributed by atoms with E-state index in [9.17, 15) is 9.59 Å². The molecule has 1 amide bonds. The number of anilines is 1. The molecule has 0 saturated carbocycles. The smallest absolute Gasteiger partial charge is 0.338 e. The number of methoxy groups -OCH3 is 1. The summed E-state index contributed by atoms with van der Waals surface area (Å²) in [5.41, 5.74) is 0.604. The number of ether oxygens (including phenoxy) is 3. The number of hydrogen-bond donors (Lipinski definition) is 1. The SMILES string of the molecule is CCOc1cc(C(=O)OCC(=O)Nc2sccc2C#N)ccc1OC. The summed E-state index contributed by atoms with van der Waals surface area (Å²) in [7, 11) is 1.50. The first-order valence-electron chi connectivity index (χ1n) is 7.34. The van der Waals surface area contributed by atoms with Crippen LogP contribution in [0.1, 0.15) is 22.8 Å². The van der Waals surface area contributed by atoms with E-state index in [-0.39, 0.29) is 5.56 Å². The van der Waals surface area contributed by atoms with E-state index in [0.717, 1.165) is 0 Å². The quantitative estimate of drug-likeness (QED) is 0.763. The van der Waals surface area contributed by atoms with E-state index in [2.05, 4.69) is 5.32 Å². The minimum Gasteiger partial charge on any atom is -0.493 e. The van der Waals surface area contributed by atoms with E-state index >= 15 is 0 Å². The molecular formula is C17H16N2O5S. The predicted octanol–water partition coefficient (Wildman–Crippen LogP) is 2.82. The molecule has 0 aliphatic rings. The number of nitrogens with one attached hydrogen (secondary N) is 1. The lowest BCUT2D eigenvalue weighted by Gasteiger charge is -2.11. The van der Waals surface area contributed by atoms with Crippen molar-refractivity contribution in [1.29, 1.82) is 5.26 Å². The molecule has 7 nitrogen and oxygen atoms in total. The van der Waals surface area contributed by atoms with Gasteiger partial charge in [0.2, 0.25) is 0 Å². The molecule has 0 saturated heterocycles. The Morgan fingerprint density at radius 2 is 2.08 bits per heavy atom. The fourth-order valence-electron chi connectivity index (χ4n) is 1.94. The number of nitriles is 1. The van der Waals surface area contributed by atoms with Crippen LogP contribution in [0.25, 0.3) is 0 Å². The van der Waals surface area contributed by atoms with Crippen LogP contribution in [0.2, 0.25) is 0 Å². The van der Waals surface area contributed by atoms with Crippen molar-refractivity contribution < 1.29 is 23.8 Å². The number of rotatable bonds is 7. The van der Waals surface area contributed by atoms with Gasteiger partial charge >= 0.3 is 5.97 Å². The molecule has 0 aliphatic carbocycles. The van der Waals surface area contributed by atoms with Gasteiger partial charge in [0.15, 0.2) is 18.1 Å². The van der Waals surface area contributed by atoms with Gasteiger partial charge in [0, 0.05) is 0 Å². The van der Waals surface area contributed by atoms with Crippen molar-refractivity contribution in [2.75, 3.05) is 25.6 Å². The second kappa shape index (κ2) is 8.70. The van der Waals surface area contributed by atoms with Gasteiger partial charge in [-0.25, -0.2) is 4.79 Å². The van der Waals surface area contributed by atoms with Gasteiger partial charge < -0.3 is 19.5 Å². The Labute approximate surface area is 148 Å². The predicted molar refractivity (Wildman–Crippen MR) is 92.1 cm³/mol. The Kier molecular flexibility index (Phi) is 6.37. The van der Waals surface area contributed by atoms with Crippen LogP contribution in [0, 0.1) is 11.3 Å². The molecule has 1 N–H and O–H groups in total. The van der Waals surface area contributed by atoms with Crippen LogP contribution >= 0.6 is 11.3 Å². The summed E-state index contributed by atoms with van der Waals surface area (Å²) in [6.07, 6.45) is 0. The summed E-state index contributed by atoms with van der Waals surface area (Å²) in [4.78, 5) is 23.9. The Bertz CT molecular complexity index is 810. The first-order valence-corrected chi connectivity index (χ1v) is 8.22. The zero-order chi connectivity index (χ0) is 18.2. The first kappa shape index (κ1) is 18.3. The molecule has 8 heteroatoms. The lowest BCUT2D eigenvalue weighted by atomic mass is 10.2. The standard InChI is InChI=1S/C17H16N2O5S/c1-3-23-14-8-11(4-5-13(14)22-2)17(21)24-10-15(20)19-16-12(9-18)6-7-25-16/h4-8H,3,10H2,1-2H3,(H,19,20). The molecule has 25 heavy (non-hydrogen) atoms. The summed E-state index contributed by atoms with van der Waals surface area (Å²) in [6.45, 7) is 1.77. The number of thiophene rings is 1. The first-order chi connectivity index (χ1) is 12.1. The van der Waals surface area contributed by atoms with Crippen LogP contribution in [-0.4, -0.2) is 32.2 Å². The molecule has 1 aromatic heterocycles. The van der Waals surface area contributed by atoms with E-state index in [4.69, 9.17) is 19.5 Å². The second-order valence-corrected chi connectivity index (χ2v) is 5.61. The number of esters is 1. The van der Waals surface area contributed by atoms with Gasteiger partial charge in [-0.3, -0.25) is 4.79 Å². The highest BCUT2D eigenvalue weighted by Crippen LogP contribution is 2.28. The number of nitrogens with zero attached hydrogens (tertiary/aromatic N) is 1. The summed E-state index contributed by atoms with van der Waals surface area (Å²) in [5.74, 6) is -0.268. The van der Waals surface area contributed by atoms with E-state index in [0.29, 0.717) is 28.7 Å². The van der Waals surface area contributed by atoms with Crippen LogP contribution in [0.4, 0.5) is 5.00 Å². The average Bonchev–Trinajstić information content (AvgIpc) is 3.07. The van der Waals surface area contributed by atoms with Crippen molar-refractivity contribution in [3.8, 4) is 17.6 Å².